The molecule has 5 heteroatoms. The number of fused-ring (bicyclic) bond motifs is 1. The van der Waals surface area contributed by atoms with Crippen LogP contribution in [0.2, 0.25) is 0 Å². The summed E-state index contributed by atoms with van der Waals surface area (Å²) >= 11 is 0. The van der Waals surface area contributed by atoms with E-state index in [0.29, 0.717) is 16.7 Å². The van der Waals surface area contributed by atoms with Crippen molar-refractivity contribution < 1.29 is 13.5 Å². The summed E-state index contributed by atoms with van der Waals surface area (Å²) in [5, 5.41) is 1.50. The van der Waals surface area contributed by atoms with Gasteiger partial charge in [0, 0.05) is 5.39 Å². The molecule has 2 aromatic rings. The van der Waals surface area contributed by atoms with E-state index in [1.54, 1.807) is 31.4 Å². The van der Waals surface area contributed by atoms with E-state index in [2.05, 4.69) is 0 Å². The number of nitrogens with two attached hydrogens (primary N) is 1. The number of halogens is 3. The van der Waals surface area contributed by atoms with E-state index < -0.39 is 12.5 Å². The highest BCUT2D eigenvalue weighted by atomic mass is 35.5. The van der Waals surface area contributed by atoms with Crippen molar-refractivity contribution in [2.24, 2.45) is 5.73 Å². The highest BCUT2D eigenvalue weighted by Gasteiger charge is 2.20. The second-order valence-electron chi connectivity index (χ2n) is 3.76. The molecule has 0 fully saturated rings. The predicted molar refractivity (Wildman–Crippen MR) is 70.7 cm³/mol. The van der Waals surface area contributed by atoms with Gasteiger partial charge in [-0.25, -0.2) is 8.78 Å². The molecule has 2 N–H and O–H groups in total. The first-order valence-electron chi connectivity index (χ1n) is 5.24. The zero-order valence-corrected chi connectivity index (χ0v) is 10.6. The molecular weight excluding hydrogens is 260 g/mol. The fourth-order valence-electron chi connectivity index (χ4n) is 1.90. The highest BCUT2D eigenvalue weighted by Crippen LogP contribution is 2.32. The fourth-order valence-corrected chi connectivity index (χ4v) is 1.90. The monoisotopic (exact) mass is 273 g/mol. The molecule has 1 atom stereocenters. The van der Waals surface area contributed by atoms with E-state index in [4.69, 9.17) is 10.5 Å². The third-order valence-electron chi connectivity index (χ3n) is 2.77. The summed E-state index contributed by atoms with van der Waals surface area (Å²) in [7, 11) is 1.55. The lowest BCUT2D eigenvalue weighted by Crippen LogP contribution is -2.19. The molecule has 0 aliphatic rings. The maximum Gasteiger partial charge on any atom is 0.257 e. The number of benzene rings is 2. The molecule has 0 aromatic heterocycles. The third kappa shape index (κ3) is 2.54. The Kier molecular flexibility index (Phi) is 4.87. The molecule has 0 heterocycles. The number of alkyl halides is 2. The first kappa shape index (κ1) is 14.7. The van der Waals surface area contributed by atoms with Gasteiger partial charge in [-0.15, -0.1) is 12.4 Å². The van der Waals surface area contributed by atoms with Crippen LogP contribution in [0.4, 0.5) is 8.78 Å². The lowest BCUT2D eigenvalue weighted by molar-refractivity contribution is 0.117. The second kappa shape index (κ2) is 5.98. The van der Waals surface area contributed by atoms with Crippen LogP contribution < -0.4 is 10.5 Å². The molecule has 0 spiro atoms. The minimum atomic E-state index is -2.58. The average Bonchev–Trinajstić information content (AvgIpc) is 2.36. The molecule has 0 radical (unpaired) electrons. The van der Waals surface area contributed by atoms with Gasteiger partial charge in [-0.2, -0.15) is 0 Å². The van der Waals surface area contributed by atoms with Crippen molar-refractivity contribution in [3.05, 3.63) is 42.0 Å². The molecule has 18 heavy (non-hydrogen) atoms. The smallest absolute Gasteiger partial charge is 0.257 e. The zero-order valence-electron chi connectivity index (χ0n) is 9.77. The molecule has 0 saturated heterocycles. The molecule has 98 valence electrons. The summed E-state index contributed by atoms with van der Waals surface area (Å²) in [6.07, 6.45) is -2.58. The summed E-state index contributed by atoms with van der Waals surface area (Å²) in [6, 6.07) is 9.22. The topological polar surface area (TPSA) is 35.2 Å². The lowest BCUT2D eigenvalue weighted by Gasteiger charge is -2.15. The average molecular weight is 274 g/mol. The minimum absolute atomic E-state index is 0. The Labute approximate surface area is 110 Å². The molecule has 0 unspecified atom stereocenters. The van der Waals surface area contributed by atoms with Crippen molar-refractivity contribution in [1.82, 2.24) is 0 Å². The largest absolute Gasteiger partial charge is 0.496 e. The van der Waals surface area contributed by atoms with Gasteiger partial charge >= 0.3 is 0 Å². The van der Waals surface area contributed by atoms with Crippen molar-refractivity contribution in [1.29, 1.82) is 0 Å². The number of methoxy groups -OCH3 is 1. The maximum atomic E-state index is 12.7. The Morgan fingerprint density at radius 2 is 1.67 bits per heavy atom. The molecule has 0 aliphatic heterocycles. The zero-order chi connectivity index (χ0) is 12.4. The SMILES string of the molecule is COc1ccc([C@H](N)C(F)F)c2ccccc12.Cl. The molecular formula is C13H14ClF2NO. The number of hydrogen-bond acceptors (Lipinski definition) is 2. The van der Waals surface area contributed by atoms with Crippen LogP contribution in [0.25, 0.3) is 10.8 Å². The van der Waals surface area contributed by atoms with Gasteiger partial charge in [0.15, 0.2) is 0 Å². The Balaban J connectivity index is 0.00000162. The van der Waals surface area contributed by atoms with Crippen LogP contribution >= 0.6 is 12.4 Å². The van der Waals surface area contributed by atoms with E-state index in [9.17, 15) is 8.78 Å². The minimum Gasteiger partial charge on any atom is -0.496 e. The summed E-state index contributed by atoms with van der Waals surface area (Å²) in [5.74, 6) is 0.658. The first-order chi connectivity index (χ1) is 8.15. The van der Waals surface area contributed by atoms with Gasteiger partial charge in [-0.05, 0) is 17.0 Å². The summed E-state index contributed by atoms with van der Waals surface area (Å²) in [4.78, 5) is 0. The summed E-state index contributed by atoms with van der Waals surface area (Å²) in [6.45, 7) is 0. The van der Waals surface area contributed by atoms with Crippen molar-refractivity contribution in [3.8, 4) is 5.75 Å². The van der Waals surface area contributed by atoms with Crippen LogP contribution in [0.15, 0.2) is 36.4 Å². The van der Waals surface area contributed by atoms with Gasteiger partial charge in [-0.3, -0.25) is 0 Å². The highest BCUT2D eigenvalue weighted by molar-refractivity contribution is 5.91. The number of rotatable bonds is 3. The lowest BCUT2D eigenvalue weighted by atomic mass is 9.99. The van der Waals surface area contributed by atoms with Crippen LogP contribution in [0.5, 0.6) is 5.75 Å². The molecule has 2 rings (SSSR count). The van der Waals surface area contributed by atoms with Crippen molar-refractivity contribution in [2.75, 3.05) is 7.11 Å². The van der Waals surface area contributed by atoms with Crippen LogP contribution in [0.3, 0.4) is 0 Å². The maximum absolute atomic E-state index is 12.7. The second-order valence-corrected chi connectivity index (χ2v) is 3.76. The Morgan fingerprint density at radius 3 is 2.22 bits per heavy atom. The van der Waals surface area contributed by atoms with E-state index >= 15 is 0 Å². The number of hydrogen-bond donors (Lipinski definition) is 1. The van der Waals surface area contributed by atoms with E-state index in [-0.39, 0.29) is 12.4 Å². The standard InChI is InChI=1S/C13H13F2NO.ClH/c1-17-11-7-6-10(12(16)13(14)15)8-4-2-3-5-9(8)11;/h2-7,12-13H,16H2,1H3;1H/t12-;/m0./s1. The molecule has 0 saturated carbocycles. The molecule has 2 nitrogen and oxygen atoms in total. The predicted octanol–water partition coefficient (Wildman–Crippen LogP) is 3.54. The Bertz CT molecular complexity index is 533. The van der Waals surface area contributed by atoms with Gasteiger partial charge in [0.05, 0.1) is 13.2 Å². The Morgan fingerprint density at radius 1 is 1.06 bits per heavy atom. The quantitative estimate of drug-likeness (QED) is 0.928. The van der Waals surface area contributed by atoms with E-state index in [0.717, 1.165) is 5.39 Å². The fraction of sp³-hybridized carbons (Fsp3) is 0.231. The molecule has 0 amide bonds. The van der Waals surface area contributed by atoms with Crippen LogP contribution in [-0.2, 0) is 0 Å². The molecule has 2 aromatic carbocycles. The van der Waals surface area contributed by atoms with Gasteiger partial charge in [0.1, 0.15) is 5.75 Å². The third-order valence-corrected chi connectivity index (χ3v) is 2.77. The van der Waals surface area contributed by atoms with Crippen molar-refractivity contribution in [2.45, 2.75) is 12.5 Å². The Hall–Kier alpha value is -1.39. The van der Waals surface area contributed by atoms with Gasteiger partial charge in [0.25, 0.3) is 6.43 Å². The number of ether oxygens (including phenoxy) is 1. The summed E-state index contributed by atoms with van der Waals surface area (Å²) in [5.41, 5.74) is 5.95. The van der Waals surface area contributed by atoms with Crippen molar-refractivity contribution in [3.63, 3.8) is 0 Å². The molecule has 0 aliphatic carbocycles. The van der Waals surface area contributed by atoms with Crippen LogP contribution in [0.1, 0.15) is 11.6 Å². The van der Waals surface area contributed by atoms with Gasteiger partial charge in [-0.1, -0.05) is 30.3 Å². The van der Waals surface area contributed by atoms with Gasteiger partial charge < -0.3 is 10.5 Å². The van der Waals surface area contributed by atoms with Crippen LogP contribution in [0, 0.1) is 0 Å². The van der Waals surface area contributed by atoms with Gasteiger partial charge in [0.2, 0.25) is 0 Å². The normalized spacial score (nSPS) is 12.3. The summed E-state index contributed by atoms with van der Waals surface area (Å²) < 4.78 is 30.5. The van der Waals surface area contributed by atoms with E-state index in [1.165, 1.54) is 0 Å². The van der Waals surface area contributed by atoms with Crippen LogP contribution in [-0.4, -0.2) is 13.5 Å². The molecule has 0 bridgehead atoms. The van der Waals surface area contributed by atoms with E-state index in [1.807, 2.05) is 12.1 Å². The first-order valence-corrected chi connectivity index (χ1v) is 5.24. The van der Waals surface area contributed by atoms with Crippen molar-refractivity contribution >= 4 is 23.2 Å².